The second-order valence-electron chi connectivity index (χ2n) is 3.56. The molecule has 2 rings (SSSR count). The third-order valence-electron chi connectivity index (χ3n) is 2.64. The van der Waals surface area contributed by atoms with Crippen molar-refractivity contribution in [3.8, 4) is 0 Å². The van der Waals surface area contributed by atoms with Crippen molar-refractivity contribution in [2.24, 2.45) is 0 Å². The fourth-order valence-corrected chi connectivity index (χ4v) is 1.64. The van der Waals surface area contributed by atoms with Gasteiger partial charge in [0.25, 0.3) is 0 Å². The molecule has 71 valence electrons. The number of hydrogen-bond acceptors (Lipinski definition) is 1. The molecule has 0 atom stereocenters. The van der Waals surface area contributed by atoms with Gasteiger partial charge in [0.1, 0.15) is 0 Å². The summed E-state index contributed by atoms with van der Waals surface area (Å²) in [6.07, 6.45) is 9.14. The van der Waals surface area contributed by atoms with Crippen LogP contribution in [0.2, 0.25) is 0 Å². The quantitative estimate of drug-likeness (QED) is 0.648. The third kappa shape index (κ3) is 1.58. The lowest BCUT2D eigenvalue weighted by Gasteiger charge is -2.23. The lowest BCUT2D eigenvalue weighted by atomic mass is 10.1. The Morgan fingerprint density at radius 2 is 2.14 bits per heavy atom. The molecular weight excluding hydrogens is 170 g/mol. The number of anilines is 1. The van der Waals surface area contributed by atoms with E-state index in [0.717, 1.165) is 6.54 Å². The molecule has 0 amide bonds. The molecule has 14 heavy (non-hydrogen) atoms. The average molecular weight is 184 g/mol. The number of hydrogen-bond donors (Lipinski definition) is 0. The van der Waals surface area contributed by atoms with Gasteiger partial charge in [-0.25, -0.2) is 0 Å². The van der Waals surface area contributed by atoms with E-state index < -0.39 is 0 Å². The van der Waals surface area contributed by atoms with Gasteiger partial charge in [0.2, 0.25) is 0 Å². The van der Waals surface area contributed by atoms with Crippen molar-refractivity contribution < 1.29 is 0 Å². The van der Waals surface area contributed by atoms with Gasteiger partial charge in [0, 0.05) is 18.4 Å². The van der Waals surface area contributed by atoms with E-state index in [1.165, 1.54) is 16.8 Å². The van der Waals surface area contributed by atoms with Gasteiger partial charge in [-0.05, 0) is 43.2 Å². The molecule has 0 fully saturated rings. The van der Waals surface area contributed by atoms with Gasteiger partial charge < -0.3 is 4.90 Å². The van der Waals surface area contributed by atoms with Gasteiger partial charge in [-0.2, -0.15) is 0 Å². The van der Waals surface area contributed by atoms with Crippen molar-refractivity contribution in [3.05, 3.63) is 53.8 Å². The Bertz CT molecular complexity index is 388. The topological polar surface area (TPSA) is 3.24 Å². The Morgan fingerprint density at radius 3 is 2.86 bits per heavy atom. The van der Waals surface area contributed by atoms with Crippen molar-refractivity contribution in [1.82, 2.24) is 0 Å². The normalized spacial score (nSPS) is 14.9. The summed E-state index contributed by atoms with van der Waals surface area (Å²) in [4.78, 5) is 2.23. The molecule has 0 unspecified atom stereocenters. The van der Waals surface area contributed by atoms with Crippen LogP contribution in [-0.4, -0.2) is 6.54 Å². The molecule has 1 aliphatic heterocycles. The van der Waals surface area contributed by atoms with Gasteiger partial charge in [0.05, 0.1) is 0 Å². The lowest BCUT2D eigenvalue weighted by molar-refractivity contribution is 1.05. The van der Waals surface area contributed by atoms with E-state index in [-0.39, 0.29) is 0 Å². The number of aryl methyl sites for hydroxylation is 1. The Labute approximate surface area is 85.4 Å². The molecule has 0 saturated heterocycles. The van der Waals surface area contributed by atoms with Crippen molar-refractivity contribution in [2.45, 2.75) is 13.8 Å². The summed E-state index contributed by atoms with van der Waals surface area (Å²) in [5.74, 6) is 0. The third-order valence-corrected chi connectivity index (χ3v) is 2.64. The smallest absolute Gasteiger partial charge is 0.0441 e. The SMILES string of the molecule is Cc1cccc(N2C=C[C]=CC2)c1C. The molecular formula is C13H14N. The van der Waals surface area contributed by atoms with E-state index in [2.05, 4.69) is 49.2 Å². The minimum Gasteiger partial charge on any atom is -0.344 e. The van der Waals surface area contributed by atoms with Crippen LogP contribution in [0.1, 0.15) is 11.1 Å². The Balaban J connectivity index is 2.36. The summed E-state index contributed by atoms with van der Waals surface area (Å²) < 4.78 is 0. The molecule has 1 radical (unpaired) electrons. The standard InChI is InChI=1S/C13H14N/c1-11-7-6-8-13(12(11)2)14-9-4-3-5-10-14/h4-9H,10H2,1-2H3. The minimum absolute atomic E-state index is 0.917. The van der Waals surface area contributed by atoms with Crippen LogP contribution in [0.25, 0.3) is 0 Å². The van der Waals surface area contributed by atoms with Crippen LogP contribution in [0.3, 0.4) is 0 Å². The monoisotopic (exact) mass is 184 g/mol. The van der Waals surface area contributed by atoms with Crippen LogP contribution in [-0.2, 0) is 0 Å². The first-order valence-corrected chi connectivity index (χ1v) is 4.86. The second-order valence-corrected chi connectivity index (χ2v) is 3.56. The minimum atomic E-state index is 0.917. The Kier molecular flexibility index (Phi) is 2.40. The summed E-state index contributed by atoms with van der Waals surface area (Å²) in [5.41, 5.74) is 3.99. The maximum atomic E-state index is 3.07. The van der Waals surface area contributed by atoms with Gasteiger partial charge in [0.15, 0.2) is 0 Å². The van der Waals surface area contributed by atoms with E-state index in [9.17, 15) is 0 Å². The van der Waals surface area contributed by atoms with E-state index in [4.69, 9.17) is 0 Å². The molecule has 1 heterocycles. The molecule has 0 N–H and O–H groups in total. The first-order valence-electron chi connectivity index (χ1n) is 4.86. The van der Waals surface area contributed by atoms with Crippen LogP contribution in [0.15, 0.2) is 36.6 Å². The summed E-state index contributed by atoms with van der Waals surface area (Å²) in [7, 11) is 0. The molecule has 0 spiro atoms. The summed E-state index contributed by atoms with van der Waals surface area (Å²) in [6.45, 7) is 5.23. The first kappa shape index (κ1) is 9.07. The van der Waals surface area contributed by atoms with Crippen LogP contribution in [0.5, 0.6) is 0 Å². The van der Waals surface area contributed by atoms with Crippen molar-refractivity contribution in [3.63, 3.8) is 0 Å². The van der Waals surface area contributed by atoms with Gasteiger partial charge in [-0.3, -0.25) is 0 Å². The highest BCUT2D eigenvalue weighted by Gasteiger charge is 2.07. The molecule has 1 aromatic carbocycles. The highest BCUT2D eigenvalue weighted by Crippen LogP contribution is 2.23. The molecule has 0 bridgehead atoms. The van der Waals surface area contributed by atoms with E-state index in [0.29, 0.717) is 0 Å². The van der Waals surface area contributed by atoms with E-state index in [1.54, 1.807) is 0 Å². The fraction of sp³-hybridized carbons (Fsp3) is 0.231. The lowest BCUT2D eigenvalue weighted by Crippen LogP contribution is -2.18. The Hall–Kier alpha value is -1.50. The first-order chi connectivity index (χ1) is 6.79. The zero-order valence-corrected chi connectivity index (χ0v) is 8.62. The molecule has 0 saturated carbocycles. The van der Waals surface area contributed by atoms with Crippen molar-refractivity contribution in [1.29, 1.82) is 0 Å². The maximum absolute atomic E-state index is 3.07. The van der Waals surface area contributed by atoms with Crippen LogP contribution in [0, 0.1) is 19.9 Å². The number of rotatable bonds is 1. The molecule has 0 aromatic heterocycles. The van der Waals surface area contributed by atoms with Crippen molar-refractivity contribution >= 4 is 5.69 Å². The molecule has 1 aliphatic rings. The molecule has 1 nitrogen and oxygen atoms in total. The summed E-state index contributed by atoms with van der Waals surface area (Å²) in [6, 6.07) is 6.41. The number of allylic oxidation sites excluding steroid dienone is 2. The second kappa shape index (κ2) is 3.70. The summed E-state index contributed by atoms with van der Waals surface area (Å²) >= 11 is 0. The predicted molar refractivity (Wildman–Crippen MR) is 60.2 cm³/mol. The molecule has 1 heteroatoms. The number of nitrogens with zero attached hydrogens (tertiary/aromatic N) is 1. The highest BCUT2D eigenvalue weighted by atomic mass is 15.1. The van der Waals surface area contributed by atoms with E-state index in [1.807, 2.05) is 12.2 Å². The molecule has 0 aliphatic carbocycles. The van der Waals surface area contributed by atoms with E-state index >= 15 is 0 Å². The molecule has 1 aromatic rings. The average Bonchev–Trinajstić information content (AvgIpc) is 2.23. The van der Waals surface area contributed by atoms with Gasteiger partial charge in [-0.15, -0.1) is 0 Å². The largest absolute Gasteiger partial charge is 0.344 e. The Morgan fingerprint density at radius 1 is 1.29 bits per heavy atom. The van der Waals surface area contributed by atoms with Crippen LogP contribution >= 0.6 is 0 Å². The van der Waals surface area contributed by atoms with Gasteiger partial charge >= 0.3 is 0 Å². The number of benzene rings is 1. The van der Waals surface area contributed by atoms with Crippen LogP contribution < -0.4 is 4.90 Å². The zero-order chi connectivity index (χ0) is 9.97. The van der Waals surface area contributed by atoms with Gasteiger partial charge in [-0.1, -0.05) is 18.2 Å². The predicted octanol–water partition coefficient (Wildman–Crippen LogP) is 3.00. The van der Waals surface area contributed by atoms with Crippen molar-refractivity contribution in [2.75, 3.05) is 11.4 Å². The van der Waals surface area contributed by atoms with Crippen LogP contribution in [0.4, 0.5) is 5.69 Å². The zero-order valence-electron chi connectivity index (χ0n) is 8.62. The summed E-state index contributed by atoms with van der Waals surface area (Å²) in [5, 5.41) is 0. The highest BCUT2D eigenvalue weighted by molar-refractivity contribution is 5.58. The fourth-order valence-electron chi connectivity index (χ4n) is 1.64. The maximum Gasteiger partial charge on any atom is 0.0441 e.